The highest BCUT2D eigenvalue weighted by Gasteiger charge is 2.59. The Bertz CT molecular complexity index is 2550. The van der Waals surface area contributed by atoms with Gasteiger partial charge in [-0.25, -0.2) is 0 Å². The number of rotatable bonds is 8. The molecular formula is C51H54N2Si2. The smallest absolute Gasteiger partial charge is 0.0579 e. The van der Waals surface area contributed by atoms with Gasteiger partial charge in [-0.05, 0) is 132 Å². The highest BCUT2D eigenvalue weighted by Crippen LogP contribution is 2.62. The Labute approximate surface area is 331 Å². The molecule has 0 saturated heterocycles. The minimum absolute atomic E-state index is 0.0759. The Morgan fingerprint density at radius 1 is 0.400 bits per heavy atom. The molecule has 0 amide bonds. The lowest BCUT2D eigenvalue weighted by Crippen LogP contribution is -2.63. The minimum Gasteiger partial charge on any atom is -0.310 e. The first kappa shape index (κ1) is 36.8. The van der Waals surface area contributed by atoms with Gasteiger partial charge in [-0.1, -0.05) is 130 Å². The van der Waals surface area contributed by atoms with Crippen LogP contribution in [0.1, 0.15) is 33.4 Å². The van der Waals surface area contributed by atoms with Crippen LogP contribution in [-0.2, 0) is 4.66 Å². The summed E-state index contributed by atoms with van der Waals surface area (Å²) in [6.07, 6.45) is 0. The quantitative estimate of drug-likeness (QED) is 0.143. The van der Waals surface area contributed by atoms with Gasteiger partial charge in [0, 0.05) is 38.5 Å². The lowest BCUT2D eigenvalue weighted by molar-refractivity contribution is 0.951. The summed E-state index contributed by atoms with van der Waals surface area (Å²) in [5, 5.41) is 2.62. The number of nitrogens with zero attached hydrogens (tertiary/aromatic N) is 2. The van der Waals surface area contributed by atoms with Gasteiger partial charge in [0.2, 0.25) is 0 Å². The van der Waals surface area contributed by atoms with Crippen molar-refractivity contribution in [2.75, 3.05) is 9.80 Å². The number of benzene rings is 7. The Balaban J connectivity index is 1.49. The molecule has 0 saturated carbocycles. The van der Waals surface area contributed by atoms with E-state index in [0.29, 0.717) is 0 Å². The van der Waals surface area contributed by atoms with Crippen LogP contribution in [0.5, 0.6) is 0 Å². The molecule has 0 spiro atoms. The van der Waals surface area contributed by atoms with Crippen LogP contribution in [0.2, 0.25) is 39.3 Å². The summed E-state index contributed by atoms with van der Waals surface area (Å²) in [7, 11) is -4.09. The summed E-state index contributed by atoms with van der Waals surface area (Å²) < 4.78 is -0.0759. The summed E-state index contributed by atoms with van der Waals surface area (Å²) in [4.78, 5) is 5.03. The monoisotopic (exact) mass is 750 g/mol. The van der Waals surface area contributed by atoms with Crippen molar-refractivity contribution in [3.05, 3.63) is 179 Å². The lowest BCUT2D eigenvalue weighted by Gasteiger charge is -2.51. The number of fused-ring (bicyclic) bond motifs is 5. The molecule has 8 rings (SSSR count). The van der Waals surface area contributed by atoms with Crippen molar-refractivity contribution in [1.82, 2.24) is 0 Å². The van der Waals surface area contributed by atoms with Crippen LogP contribution in [0.15, 0.2) is 146 Å². The zero-order valence-electron chi connectivity index (χ0n) is 34.3. The highest BCUT2D eigenvalue weighted by atomic mass is 28.4. The Morgan fingerprint density at radius 3 is 1.44 bits per heavy atom. The van der Waals surface area contributed by atoms with Crippen molar-refractivity contribution in [2.24, 2.45) is 0 Å². The molecule has 55 heavy (non-hydrogen) atoms. The predicted octanol–water partition coefficient (Wildman–Crippen LogP) is 15.0. The van der Waals surface area contributed by atoms with E-state index in [1.807, 2.05) is 0 Å². The Kier molecular flexibility index (Phi) is 9.06. The van der Waals surface area contributed by atoms with Crippen LogP contribution in [0.4, 0.5) is 34.1 Å². The van der Waals surface area contributed by atoms with Gasteiger partial charge in [0.1, 0.15) is 0 Å². The minimum atomic E-state index is -2.05. The fraction of sp³-hybridized carbons (Fsp3) is 0.216. The molecule has 0 radical (unpaired) electrons. The van der Waals surface area contributed by atoms with E-state index >= 15 is 0 Å². The van der Waals surface area contributed by atoms with Crippen LogP contribution in [0.25, 0.3) is 21.9 Å². The van der Waals surface area contributed by atoms with Crippen LogP contribution in [0.3, 0.4) is 0 Å². The van der Waals surface area contributed by atoms with Crippen molar-refractivity contribution >= 4 is 61.0 Å². The summed E-state index contributed by atoms with van der Waals surface area (Å²) in [6.45, 7) is 24.7. The maximum absolute atomic E-state index is 2.64. The molecule has 0 heterocycles. The molecule has 0 fully saturated rings. The molecule has 0 N–H and O–H groups in total. The molecule has 7 aromatic carbocycles. The first-order chi connectivity index (χ1) is 26.2. The lowest BCUT2D eigenvalue weighted by atomic mass is 9.95. The zero-order valence-corrected chi connectivity index (χ0v) is 36.3. The van der Waals surface area contributed by atoms with Gasteiger partial charge in [0.05, 0.1) is 21.8 Å². The van der Waals surface area contributed by atoms with Gasteiger partial charge in [0.15, 0.2) is 0 Å². The molecule has 4 heteroatoms. The summed E-state index contributed by atoms with van der Waals surface area (Å²) >= 11 is 0. The second kappa shape index (κ2) is 13.5. The van der Waals surface area contributed by atoms with Gasteiger partial charge in [-0.15, -0.1) is 0 Å². The summed E-state index contributed by atoms with van der Waals surface area (Å²) in [5.41, 5.74) is 18.2. The number of hydrogen-bond donors (Lipinski definition) is 0. The normalized spacial score (nSPS) is 13.4. The average Bonchev–Trinajstić information content (AvgIpc) is 3.47. The van der Waals surface area contributed by atoms with Crippen LogP contribution in [-0.4, -0.2) is 16.1 Å². The van der Waals surface area contributed by atoms with E-state index in [-0.39, 0.29) is 4.66 Å². The molecule has 2 nitrogen and oxygen atoms in total. The number of aryl methyl sites for hydroxylation is 4. The molecule has 1 aliphatic carbocycles. The van der Waals surface area contributed by atoms with E-state index in [1.165, 1.54) is 89.4 Å². The first-order valence-electron chi connectivity index (χ1n) is 19.8. The second-order valence-electron chi connectivity index (χ2n) is 17.8. The number of hydrogen-bond acceptors (Lipinski definition) is 2. The summed E-state index contributed by atoms with van der Waals surface area (Å²) in [6, 6.07) is 54.9. The van der Waals surface area contributed by atoms with Gasteiger partial charge < -0.3 is 9.80 Å². The Hall–Kier alpha value is -5.17. The fourth-order valence-electron chi connectivity index (χ4n) is 10.1. The third-order valence-electron chi connectivity index (χ3n) is 12.1. The molecule has 0 bridgehead atoms. The van der Waals surface area contributed by atoms with Crippen LogP contribution in [0, 0.1) is 27.7 Å². The van der Waals surface area contributed by atoms with E-state index in [2.05, 4.69) is 222 Å². The van der Waals surface area contributed by atoms with Gasteiger partial charge in [0.25, 0.3) is 0 Å². The van der Waals surface area contributed by atoms with Crippen molar-refractivity contribution in [1.29, 1.82) is 0 Å². The van der Waals surface area contributed by atoms with Gasteiger partial charge in [-0.2, -0.15) is 0 Å². The second-order valence-corrected chi connectivity index (χ2v) is 28.8. The van der Waals surface area contributed by atoms with E-state index in [0.717, 1.165) is 0 Å². The standard InChI is InChI=1S/C51H54N2Si2/c1-35-25-27-37(3)47(31-35)52(39-19-13-11-14-20-39)41-29-30-44-45(33-41)51(54(5,6)7,55(8,9)10)46-34-49(42-23-17-18-24-43(42)50(44)46)53(40-21-15-12-16-22-40)48-32-36(2)26-28-38(48)4/h11-34H,1-10H3. The zero-order chi connectivity index (χ0) is 38.9. The van der Waals surface area contributed by atoms with Crippen molar-refractivity contribution in [2.45, 2.75) is 71.6 Å². The van der Waals surface area contributed by atoms with Gasteiger partial charge >= 0.3 is 0 Å². The number of para-hydroxylation sites is 2. The fourth-order valence-corrected chi connectivity index (χ4v) is 23.2. The van der Waals surface area contributed by atoms with E-state index < -0.39 is 16.1 Å². The van der Waals surface area contributed by atoms with Crippen molar-refractivity contribution in [3.63, 3.8) is 0 Å². The van der Waals surface area contributed by atoms with E-state index in [9.17, 15) is 0 Å². The van der Waals surface area contributed by atoms with Crippen LogP contribution < -0.4 is 9.80 Å². The topological polar surface area (TPSA) is 6.48 Å². The average molecular weight is 751 g/mol. The molecular weight excluding hydrogens is 697 g/mol. The van der Waals surface area contributed by atoms with Crippen LogP contribution >= 0.6 is 0 Å². The number of anilines is 6. The largest absolute Gasteiger partial charge is 0.310 e. The van der Waals surface area contributed by atoms with Crippen molar-refractivity contribution < 1.29 is 0 Å². The molecule has 0 aliphatic heterocycles. The molecule has 0 aromatic heterocycles. The van der Waals surface area contributed by atoms with Crippen molar-refractivity contribution in [3.8, 4) is 11.1 Å². The first-order valence-corrected chi connectivity index (χ1v) is 26.8. The summed E-state index contributed by atoms with van der Waals surface area (Å²) in [5.74, 6) is 0. The third-order valence-corrected chi connectivity index (χ3v) is 22.2. The maximum Gasteiger partial charge on any atom is 0.0579 e. The molecule has 0 unspecified atom stereocenters. The molecule has 7 aromatic rings. The van der Waals surface area contributed by atoms with E-state index in [4.69, 9.17) is 0 Å². The molecule has 0 atom stereocenters. The SMILES string of the molecule is Cc1ccc(C)c(N(c2ccccc2)c2ccc3c(c2)C([Si](C)(C)C)([Si](C)(C)C)c2cc(N(c4ccccc4)c4cc(C)ccc4C)c4ccccc4c2-3)c1. The predicted molar refractivity (Wildman–Crippen MR) is 245 cm³/mol. The Morgan fingerprint density at radius 2 is 0.891 bits per heavy atom. The van der Waals surface area contributed by atoms with Gasteiger partial charge in [-0.3, -0.25) is 0 Å². The highest BCUT2D eigenvalue weighted by molar-refractivity contribution is 6.99. The maximum atomic E-state index is 2.64. The molecule has 276 valence electrons. The molecule has 1 aliphatic rings. The third kappa shape index (κ3) is 5.89. The van der Waals surface area contributed by atoms with E-state index in [1.54, 1.807) is 0 Å².